The van der Waals surface area contributed by atoms with E-state index in [-0.39, 0.29) is 5.04 Å². The van der Waals surface area contributed by atoms with Crippen LogP contribution in [-0.4, -0.2) is 34.2 Å². The molecule has 0 saturated heterocycles. The average molecular weight is 441 g/mol. The Balaban J connectivity index is 2.66. The zero-order valence-corrected chi connectivity index (χ0v) is 22.2. The second-order valence-electron chi connectivity index (χ2n) is 10.3. The van der Waals surface area contributed by atoms with Gasteiger partial charge in [0.25, 0.3) is 0 Å². The Morgan fingerprint density at radius 2 is 1.70 bits per heavy atom. The van der Waals surface area contributed by atoms with E-state index in [1.165, 1.54) is 0 Å². The molecule has 0 bridgehead atoms. The Morgan fingerprint density at radius 3 is 2.27 bits per heavy atom. The maximum Gasteiger partial charge on any atom is 0.191 e. The summed E-state index contributed by atoms with van der Waals surface area (Å²) in [6, 6.07) is 9.98. The molecule has 1 unspecified atom stereocenters. The molecule has 0 radical (unpaired) electrons. The monoisotopic (exact) mass is 440 g/mol. The highest BCUT2D eigenvalue weighted by Gasteiger charge is 2.36. The summed E-state index contributed by atoms with van der Waals surface area (Å²) >= 11 is 0. The highest BCUT2D eigenvalue weighted by molar-refractivity contribution is 6.83. The molecule has 0 aliphatic rings. The normalized spacial score (nSPS) is 13.7. The molecule has 1 rings (SSSR count). The molecule has 2 nitrogen and oxygen atoms in total. The number of benzene rings is 1. The first kappa shape index (κ1) is 26.5. The summed E-state index contributed by atoms with van der Waals surface area (Å²) in [5, 5.41) is 10.9. The minimum atomic E-state index is -1.66. The molecule has 0 aromatic heterocycles. The van der Waals surface area contributed by atoms with Crippen molar-refractivity contribution >= 4 is 22.5 Å². The van der Waals surface area contributed by atoms with Crippen LogP contribution in [0.25, 0.3) is 6.08 Å². The van der Waals surface area contributed by atoms with Crippen LogP contribution in [0.15, 0.2) is 35.9 Å². The molecular formula is C26H40O2Si2. The summed E-state index contributed by atoms with van der Waals surface area (Å²) in [4.78, 5) is 0. The van der Waals surface area contributed by atoms with E-state index in [4.69, 9.17) is 4.43 Å². The van der Waals surface area contributed by atoms with Crippen molar-refractivity contribution < 1.29 is 9.53 Å². The van der Waals surface area contributed by atoms with Gasteiger partial charge in [-0.2, -0.15) is 0 Å². The van der Waals surface area contributed by atoms with Crippen LogP contribution in [0, 0.1) is 23.3 Å². The molecule has 0 saturated carbocycles. The lowest BCUT2D eigenvalue weighted by Gasteiger charge is -2.36. The van der Waals surface area contributed by atoms with Gasteiger partial charge in [-0.3, -0.25) is 0 Å². The van der Waals surface area contributed by atoms with Gasteiger partial charge in [-0.1, -0.05) is 82.6 Å². The Hall–Kier alpha value is -1.57. The largest absolute Gasteiger partial charge is 0.417 e. The molecule has 0 aliphatic heterocycles. The van der Waals surface area contributed by atoms with Crippen LogP contribution in [0.1, 0.15) is 45.6 Å². The summed E-state index contributed by atoms with van der Waals surface area (Å²) < 4.78 is 6.21. The molecule has 4 heteroatoms. The van der Waals surface area contributed by atoms with Crippen molar-refractivity contribution in [2.45, 2.75) is 83.9 Å². The summed E-state index contributed by atoms with van der Waals surface area (Å²) in [5.41, 5.74) is 5.05. The third-order valence-corrected chi connectivity index (χ3v) is 10.6. The van der Waals surface area contributed by atoms with Gasteiger partial charge in [0.05, 0.1) is 0 Å². The van der Waals surface area contributed by atoms with Gasteiger partial charge in [-0.15, -0.1) is 11.5 Å². The maximum atomic E-state index is 10.6. The molecule has 1 N–H and O–H groups in total. The molecule has 164 valence electrons. The van der Waals surface area contributed by atoms with Gasteiger partial charge >= 0.3 is 0 Å². The molecule has 0 fully saturated rings. The smallest absolute Gasteiger partial charge is 0.191 e. The molecule has 0 spiro atoms. The van der Waals surface area contributed by atoms with Gasteiger partial charge in [0, 0.05) is 18.6 Å². The van der Waals surface area contributed by atoms with Gasteiger partial charge in [0.15, 0.2) is 8.32 Å². The summed E-state index contributed by atoms with van der Waals surface area (Å²) in [6.07, 6.45) is 3.83. The first-order valence-corrected chi connectivity index (χ1v) is 17.3. The predicted octanol–water partition coefficient (Wildman–Crippen LogP) is 6.51. The standard InChI is InChI=1S/C26H40O2Si2/c1-26(2,3)30(7,8)28-20-15-10-9-14-18-25(27)24(19-21-29(4,5)6)22-23-16-12-11-13-17-23/h11-13,16-17,22,25,27H,9-10,15,20H2,1-8H3/b24-22+. The van der Waals surface area contributed by atoms with E-state index in [0.29, 0.717) is 5.57 Å². The number of hydrogen-bond donors (Lipinski definition) is 1. The molecule has 1 aromatic rings. The fraction of sp³-hybridized carbons (Fsp3) is 0.538. The van der Waals surface area contributed by atoms with Crippen molar-refractivity contribution in [3.63, 3.8) is 0 Å². The number of aliphatic hydroxyl groups excluding tert-OH is 1. The fourth-order valence-corrected chi connectivity index (χ4v) is 3.88. The summed E-state index contributed by atoms with van der Waals surface area (Å²) in [6.45, 7) is 18.7. The van der Waals surface area contributed by atoms with Crippen LogP contribution in [0.3, 0.4) is 0 Å². The van der Waals surface area contributed by atoms with Crippen LogP contribution in [0.2, 0.25) is 37.8 Å². The zero-order valence-electron chi connectivity index (χ0n) is 20.2. The molecule has 1 atom stereocenters. The Labute approximate surface area is 187 Å². The predicted molar refractivity (Wildman–Crippen MR) is 136 cm³/mol. The summed E-state index contributed by atoms with van der Waals surface area (Å²) in [5.74, 6) is 9.33. The van der Waals surface area contributed by atoms with Crippen molar-refractivity contribution in [2.75, 3.05) is 6.61 Å². The van der Waals surface area contributed by atoms with Crippen LogP contribution < -0.4 is 0 Å². The first-order chi connectivity index (χ1) is 13.8. The second kappa shape index (κ2) is 11.7. The Morgan fingerprint density at radius 1 is 1.07 bits per heavy atom. The lowest BCUT2D eigenvalue weighted by molar-refractivity contribution is 0.274. The van der Waals surface area contributed by atoms with Crippen molar-refractivity contribution in [1.82, 2.24) is 0 Å². The van der Waals surface area contributed by atoms with Gasteiger partial charge in [-0.25, -0.2) is 0 Å². The van der Waals surface area contributed by atoms with E-state index in [1.807, 2.05) is 36.4 Å². The van der Waals surface area contributed by atoms with Crippen LogP contribution in [-0.2, 0) is 4.43 Å². The van der Waals surface area contributed by atoms with Gasteiger partial charge in [0.2, 0.25) is 0 Å². The minimum absolute atomic E-state index is 0.245. The van der Waals surface area contributed by atoms with Crippen molar-refractivity contribution in [1.29, 1.82) is 0 Å². The molecule has 0 heterocycles. The van der Waals surface area contributed by atoms with Gasteiger partial charge < -0.3 is 9.53 Å². The van der Waals surface area contributed by atoms with Crippen molar-refractivity contribution in [3.05, 3.63) is 41.5 Å². The Kier molecular flexibility index (Phi) is 10.3. The van der Waals surface area contributed by atoms with E-state index in [2.05, 4.69) is 76.8 Å². The lowest BCUT2D eigenvalue weighted by Crippen LogP contribution is -2.40. The van der Waals surface area contributed by atoms with E-state index in [9.17, 15) is 5.11 Å². The van der Waals surface area contributed by atoms with Crippen LogP contribution in [0.5, 0.6) is 0 Å². The minimum Gasteiger partial charge on any atom is -0.417 e. The first-order valence-electron chi connectivity index (χ1n) is 10.9. The number of unbranched alkanes of at least 4 members (excludes halogenated alkanes) is 2. The second-order valence-corrected chi connectivity index (χ2v) is 19.9. The van der Waals surface area contributed by atoms with E-state index in [1.54, 1.807) is 0 Å². The van der Waals surface area contributed by atoms with E-state index < -0.39 is 22.5 Å². The van der Waals surface area contributed by atoms with Crippen LogP contribution in [0.4, 0.5) is 0 Å². The lowest BCUT2D eigenvalue weighted by atomic mass is 10.1. The van der Waals surface area contributed by atoms with Gasteiger partial charge in [0.1, 0.15) is 14.2 Å². The topological polar surface area (TPSA) is 29.5 Å². The van der Waals surface area contributed by atoms with E-state index >= 15 is 0 Å². The van der Waals surface area contributed by atoms with Crippen LogP contribution >= 0.6 is 0 Å². The third-order valence-electron chi connectivity index (χ3n) is 5.20. The van der Waals surface area contributed by atoms with Crippen molar-refractivity contribution in [2.24, 2.45) is 0 Å². The van der Waals surface area contributed by atoms with Gasteiger partial charge in [-0.05, 0) is 42.6 Å². The fourth-order valence-electron chi connectivity index (χ4n) is 2.28. The highest BCUT2D eigenvalue weighted by atomic mass is 28.4. The maximum absolute atomic E-state index is 10.6. The molecule has 30 heavy (non-hydrogen) atoms. The average Bonchev–Trinajstić information content (AvgIpc) is 2.63. The molecule has 1 aromatic carbocycles. The molecule has 0 aliphatic carbocycles. The number of hydrogen-bond acceptors (Lipinski definition) is 2. The highest BCUT2D eigenvalue weighted by Crippen LogP contribution is 2.36. The number of rotatable bonds is 7. The third kappa shape index (κ3) is 10.5. The summed E-state index contributed by atoms with van der Waals surface area (Å²) in [7, 11) is -3.20. The molecule has 0 amide bonds. The van der Waals surface area contributed by atoms with E-state index in [0.717, 1.165) is 31.4 Å². The Bertz CT molecular complexity index is 804. The zero-order chi connectivity index (χ0) is 22.8. The number of aliphatic hydroxyl groups is 1. The molecular weight excluding hydrogens is 400 g/mol. The SMILES string of the molecule is CC(C)(C)[Si](C)(C)OCCCCC#CC(O)/C(C#C[Si](C)(C)C)=C/c1ccccc1. The quantitative estimate of drug-likeness (QED) is 0.297. The van der Waals surface area contributed by atoms with Crippen molar-refractivity contribution in [3.8, 4) is 23.3 Å².